The first-order chi connectivity index (χ1) is 10.0. The lowest BCUT2D eigenvalue weighted by molar-refractivity contribution is -0.130. The molecule has 1 fully saturated rings. The Balaban J connectivity index is 1.76. The number of nitrogens with zero attached hydrogens (tertiary/aromatic N) is 2. The monoisotopic (exact) mass is 289 g/mol. The summed E-state index contributed by atoms with van der Waals surface area (Å²) in [4.78, 5) is 16.3. The maximum Gasteiger partial charge on any atom is 0.223 e. The normalized spacial score (nSPS) is 20.4. The van der Waals surface area contributed by atoms with Crippen LogP contribution in [0.5, 0.6) is 0 Å². The van der Waals surface area contributed by atoms with Crippen LogP contribution < -0.4 is 5.73 Å². The highest BCUT2D eigenvalue weighted by Gasteiger charge is 2.25. The average Bonchev–Trinajstić information content (AvgIpc) is 2.86. The predicted octanol–water partition coefficient (Wildman–Crippen LogP) is 1.70. The van der Waals surface area contributed by atoms with Crippen molar-refractivity contribution >= 4 is 5.91 Å². The number of hydrogen-bond donors (Lipinski definition) is 1. The van der Waals surface area contributed by atoms with Crippen molar-refractivity contribution < 1.29 is 4.79 Å². The Labute approximate surface area is 127 Å². The van der Waals surface area contributed by atoms with E-state index in [4.69, 9.17) is 5.73 Å². The molecule has 1 heterocycles. The molecule has 1 aliphatic heterocycles. The van der Waals surface area contributed by atoms with E-state index in [0.29, 0.717) is 12.3 Å². The second-order valence-corrected chi connectivity index (χ2v) is 6.33. The maximum atomic E-state index is 11.9. The van der Waals surface area contributed by atoms with Crippen LogP contribution in [0.2, 0.25) is 0 Å². The molecule has 4 heteroatoms. The van der Waals surface area contributed by atoms with Gasteiger partial charge in [-0.25, -0.2) is 0 Å². The van der Waals surface area contributed by atoms with Gasteiger partial charge in [-0.3, -0.25) is 9.69 Å². The zero-order valence-corrected chi connectivity index (χ0v) is 13.2. The number of nitrogens with two attached hydrogens (primary N) is 1. The average molecular weight is 289 g/mol. The van der Waals surface area contributed by atoms with E-state index in [1.54, 1.807) is 0 Å². The van der Waals surface area contributed by atoms with Gasteiger partial charge in [0.05, 0.1) is 0 Å². The Bertz CT molecular complexity index is 447. The van der Waals surface area contributed by atoms with Gasteiger partial charge in [0.15, 0.2) is 0 Å². The first kappa shape index (κ1) is 16.0. The lowest BCUT2D eigenvalue weighted by Gasteiger charge is -2.22. The quantitative estimate of drug-likeness (QED) is 0.867. The summed E-state index contributed by atoms with van der Waals surface area (Å²) in [5.41, 5.74) is 7.05. The predicted molar refractivity (Wildman–Crippen MR) is 85.7 cm³/mol. The summed E-state index contributed by atoms with van der Waals surface area (Å²) in [6.07, 6.45) is 1.61. The third-order valence-electron chi connectivity index (χ3n) is 4.07. The van der Waals surface area contributed by atoms with Crippen LogP contribution in [0.1, 0.15) is 25.3 Å². The SMILES string of the molecule is CC(N)CC(=O)N(C)CC1CCN(Cc2ccccc2)C1. The molecule has 2 unspecified atom stereocenters. The molecule has 0 spiro atoms. The summed E-state index contributed by atoms with van der Waals surface area (Å²) in [7, 11) is 1.89. The molecule has 0 radical (unpaired) electrons. The maximum absolute atomic E-state index is 11.9. The highest BCUT2D eigenvalue weighted by Crippen LogP contribution is 2.19. The van der Waals surface area contributed by atoms with Gasteiger partial charge in [0.25, 0.3) is 0 Å². The molecule has 0 aromatic heterocycles. The molecule has 1 aromatic rings. The fourth-order valence-electron chi connectivity index (χ4n) is 2.97. The molecule has 1 amide bonds. The Morgan fingerprint density at radius 1 is 1.43 bits per heavy atom. The van der Waals surface area contributed by atoms with Crippen LogP contribution in [0.15, 0.2) is 30.3 Å². The van der Waals surface area contributed by atoms with E-state index in [1.165, 1.54) is 12.0 Å². The Kier molecular flexibility index (Phi) is 5.76. The fraction of sp³-hybridized carbons (Fsp3) is 0.588. The fourth-order valence-corrected chi connectivity index (χ4v) is 2.97. The van der Waals surface area contributed by atoms with E-state index in [-0.39, 0.29) is 11.9 Å². The van der Waals surface area contributed by atoms with Gasteiger partial charge in [-0.1, -0.05) is 30.3 Å². The van der Waals surface area contributed by atoms with Crippen molar-refractivity contribution in [1.82, 2.24) is 9.80 Å². The number of carbonyl (C=O) groups is 1. The van der Waals surface area contributed by atoms with Gasteiger partial charge in [-0.15, -0.1) is 0 Å². The third-order valence-corrected chi connectivity index (χ3v) is 4.07. The van der Waals surface area contributed by atoms with E-state index >= 15 is 0 Å². The summed E-state index contributed by atoms with van der Waals surface area (Å²) >= 11 is 0. The lowest BCUT2D eigenvalue weighted by Crippen LogP contribution is -2.36. The zero-order chi connectivity index (χ0) is 15.2. The van der Waals surface area contributed by atoms with Gasteiger partial charge in [-0.05, 0) is 31.4 Å². The number of rotatable bonds is 6. The van der Waals surface area contributed by atoms with E-state index < -0.39 is 0 Å². The highest BCUT2D eigenvalue weighted by molar-refractivity contribution is 5.76. The summed E-state index contributed by atoms with van der Waals surface area (Å²) in [6, 6.07) is 10.5. The van der Waals surface area contributed by atoms with Crippen LogP contribution in [-0.4, -0.2) is 48.4 Å². The number of likely N-dealkylation sites (tertiary alicyclic amines) is 1. The summed E-state index contributed by atoms with van der Waals surface area (Å²) in [5.74, 6) is 0.738. The number of amides is 1. The molecule has 0 bridgehead atoms. The van der Waals surface area contributed by atoms with Crippen molar-refractivity contribution in [2.45, 2.75) is 32.4 Å². The molecular weight excluding hydrogens is 262 g/mol. The van der Waals surface area contributed by atoms with Gasteiger partial charge >= 0.3 is 0 Å². The van der Waals surface area contributed by atoms with Crippen molar-refractivity contribution in [2.24, 2.45) is 11.7 Å². The molecule has 1 aromatic carbocycles. The van der Waals surface area contributed by atoms with Crippen LogP contribution in [0, 0.1) is 5.92 Å². The van der Waals surface area contributed by atoms with Crippen LogP contribution in [0.3, 0.4) is 0 Å². The van der Waals surface area contributed by atoms with Crippen molar-refractivity contribution in [2.75, 3.05) is 26.7 Å². The molecule has 0 aliphatic carbocycles. The van der Waals surface area contributed by atoms with Crippen LogP contribution in [0.25, 0.3) is 0 Å². The largest absolute Gasteiger partial charge is 0.345 e. The molecular formula is C17H27N3O. The van der Waals surface area contributed by atoms with Gasteiger partial charge in [0.2, 0.25) is 5.91 Å². The molecule has 21 heavy (non-hydrogen) atoms. The molecule has 2 atom stereocenters. The van der Waals surface area contributed by atoms with Crippen LogP contribution >= 0.6 is 0 Å². The number of carbonyl (C=O) groups excluding carboxylic acids is 1. The minimum absolute atomic E-state index is 0.0573. The second-order valence-electron chi connectivity index (χ2n) is 6.33. The molecule has 2 rings (SSSR count). The first-order valence-corrected chi connectivity index (χ1v) is 7.80. The first-order valence-electron chi connectivity index (χ1n) is 7.80. The van der Waals surface area contributed by atoms with E-state index in [0.717, 1.165) is 26.2 Å². The summed E-state index contributed by atoms with van der Waals surface area (Å²) in [5, 5.41) is 0. The second kappa shape index (κ2) is 7.57. The third kappa shape index (κ3) is 5.14. The Hall–Kier alpha value is -1.39. The topological polar surface area (TPSA) is 49.6 Å². The van der Waals surface area contributed by atoms with E-state index in [1.807, 2.05) is 18.9 Å². The number of hydrogen-bond acceptors (Lipinski definition) is 3. The molecule has 116 valence electrons. The van der Waals surface area contributed by atoms with Gasteiger partial charge in [0, 0.05) is 39.1 Å². The minimum atomic E-state index is -0.0573. The zero-order valence-electron chi connectivity index (χ0n) is 13.2. The minimum Gasteiger partial charge on any atom is -0.345 e. The van der Waals surface area contributed by atoms with E-state index in [2.05, 4.69) is 35.2 Å². The van der Waals surface area contributed by atoms with Crippen molar-refractivity contribution in [3.8, 4) is 0 Å². The van der Waals surface area contributed by atoms with Gasteiger partial charge in [-0.2, -0.15) is 0 Å². The summed E-state index contributed by atoms with van der Waals surface area (Å²) < 4.78 is 0. The smallest absolute Gasteiger partial charge is 0.223 e. The van der Waals surface area contributed by atoms with E-state index in [9.17, 15) is 4.79 Å². The Morgan fingerprint density at radius 3 is 2.81 bits per heavy atom. The van der Waals surface area contributed by atoms with Gasteiger partial charge < -0.3 is 10.6 Å². The van der Waals surface area contributed by atoms with Crippen LogP contribution in [-0.2, 0) is 11.3 Å². The standard InChI is InChI=1S/C17H27N3O/c1-14(18)10-17(21)19(2)11-16-8-9-20(13-16)12-15-6-4-3-5-7-15/h3-7,14,16H,8-13,18H2,1-2H3. The molecule has 0 saturated carbocycles. The van der Waals surface area contributed by atoms with Gasteiger partial charge in [0.1, 0.15) is 0 Å². The number of benzene rings is 1. The van der Waals surface area contributed by atoms with Crippen molar-refractivity contribution in [3.63, 3.8) is 0 Å². The summed E-state index contributed by atoms with van der Waals surface area (Å²) in [6.45, 7) is 5.92. The van der Waals surface area contributed by atoms with Crippen molar-refractivity contribution in [3.05, 3.63) is 35.9 Å². The molecule has 2 N–H and O–H groups in total. The Morgan fingerprint density at radius 2 is 2.14 bits per heavy atom. The molecule has 4 nitrogen and oxygen atoms in total. The highest BCUT2D eigenvalue weighted by atomic mass is 16.2. The molecule has 1 saturated heterocycles. The lowest BCUT2D eigenvalue weighted by atomic mass is 10.1. The molecule has 1 aliphatic rings. The van der Waals surface area contributed by atoms with Crippen LogP contribution in [0.4, 0.5) is 0 Å². The van der Waals surface area contributed by atoms with Crippen molar-refractivity contribution in [1.29, 1.82) is 0 Å².